The molecular formula is C22H23NO4. The number of hydrogen-bond acceptors (Lipinski definition) is 3. The van der Waals surface area contributed by atoms with Gasteiger partial charge in [0.2, 0.25) is 0 Å². The van der Waals surface area contributed by atoms with Crippen LogP contribution in [-0.4, -0.2) is 35.0 Å². The van der Waals surface area contributed by atoms with Crippen molar-refractivity contribution in [2.24, 2.45) is 11.3 Å². The van der Waals surface area contributed by atoms with Gasteiger partial charge in [0.1, 0.15) is 11.5 Å². The molecule has 1 saturated heterocycles. The van der Waals surface area contributed by atoms with Crippen LogP contribution in [0.1, 0.15) is 35.2 Å². The number of aryl methyl sites for hydroxylation is 1. The van der Waals surface area contributed by atoms with Crippen molar-refractivity contribution in [3.8, 4) is 11.5 Å². The summed E-state index contributed by atoms with van der Waals surface area (Å²) in [4.78, 5) is 26.1. The largest absolute Gasteiger partial charge is 0.481 e. The average Bonchev–Trinajstić information content (AvgIpc) is 3.36. The summed E-state index contributed by atoms with van der Waals surface area (Å²) in [5.41, 5.74) is 1.55. The number of ether oxygens (including phenoxy) is 1. The Bertz CT molecular complexity index is 883. The molecule has 1 unspecified atom stereocenters. The Balaban J connectivity index is 1.48. The molecule has 1 N–H and O–H groups in total. The quantitative estimate of drug-likeness (QED) is 0.885. The van der Waals surface area contributed by atoms with Crippen molar-refractivity contribution in [2.75, 3.05) is 13.1 Å². The highest BCUT2D eigenvalue weighted by Gasteiger charge is 2.59. The number of piperidine rings is 1. The Morgan fingerprint density at radius 1 is 1.11 bits per heavy atom. The fraction of sp³-hybridized carbons (Fsp3) is 0.364. The predicted octanol–water partition coefficient (Wildman–Crippen LogP) is 4.11. The van der Waals surface area contributed by atoms with E-state index in [9.17, 15) is 14.7 Å². The van der Waals surface area contributed by atoms with E-state index in [1.54, 1.807) is 6.07 Å². The first-order chi connectivity index (χ1) is 13.0. The van der Waals surface area contributed by atoms with Gasteiger partial charge in [-0.05, 0) is 61.4 Å². The van der Waals surface area contributed by atoms with Gasteiger partial charge in [0.15, 0.2) is 0 Å². The van der Waals surface area contributed by atoms with E-state index < -0.39 is 5.97 Å². The van der Waals surface area contributed by atoms with E-state index in [1.165, 1.54) is 0 Å². The molecule has 1 aliphatic carbocycles. The van der Waals surface area contributed by atoms with Crippen LogP contribution >= 0.6 is 0 Å². The fourth-order valence-corrected chi connectivity index (χ4v) is 4.11. The highest BCUT2D eigenvalue weighted by Crippen LogP contribution is 2.59. The zero-order valence-electron chi connectivity index (χ0n) is 15.4. The molecule has 2 aromatic rings. The van der Waals surface area contributed by atoms with Crippen LogP contribution in [0.5, 0.6) is 11.5 Å². The van der Waals surface area contributed by atoms with E-state index in [1.807, 2.05) is 54.3 Å². The Morgan fingerprint density at radius 3 is 2.52 bits per heavy atom. The van der Waals surface area contributed by atoms with Crippen molar-refractivity contribution in [1.29, 1.82) is 0 Å². The van der Waals surface area contributed by atoms with Crippen molar-refractivity contribution in [3.05, 3.63) is 59.7 Å². The van der Waals surface area contributed by atoms with Crippen molar-refractivity contribution < 1.29 is 19.4 Å². The van der Waals surface area contributed by atoms with Crippen molar-refractivity contribution >= 4 is 11.9 Å². The van der Waals surface area contributed by atoms with Gasteiger partial charge in [0.25, 0.3) is 5.91 Å². The van der Waals surface area contributed by atoms with E-state index in [0.717, 1.165) is 24.8 Å². The molecule has 1 spiro atoms. The molecule has 1 amide bonds. The molecule has 0 bridgehead atoms. The van der Waals surface area contributed by atoms with Crippen LogP contribution in [0.2, 0.25) is 0 Å². The summed E-state index contributed by atoms with van der Waals surface area (Å²) in [6, 6.07) is 15.0. The van der Waals surface area contributed by atoms with Gasteiger partial charge in [-0.2, -0.15) is 0 Å². The van der Waals surface area contributed by atoms with Crippen molar-refractivity contribution in [1.82, 2.24) is 4.90 Å². The number of amides is 1. The molecule has 1 heterocycles. The predicted molar refractivity (Wildman–Crippen MR) is 101 cm³/mol. The summed E-state index contributed by atoms with van der Waals surface area (Å²) in [7, 11) is 0. The van der Waals surface area contributed by atoms with Gasteiger partial charge in [0, 0.05) is 13.1 Å². The van der Waals surface area contributed by atoms with E-state index >= 15 is 0 Å². The Kier molecular flexibility index (Phi) is 4.38. The molecule has 2 fully saturated rings. The Hall–Kier alpha value is -2.82. The van der Waals surface area contributed by atoms with Gasteiger partial charge >= 0.3 is 5.97 Å². The summed E-state index contributed by atoms with van der Waals surface area (Å²) in [6.45, 7) is 3.19. The number of carbonyl (C=O) groups is 2. The van der Waals surface area contributed by atoms with Crippen molar-refractivity contribution in [3.63, 3.8) is 0 Å². The number of likely N-dealkylation sites (tertiary alicyclic amines) is 1. The molecule has 27 heavy (non-hydrogen) atoms. The third-order valence-electron chi connectivity index (χ3n) is 5.87. The second kappa shape index (κ2) is 6.72. The van der Waals surface area contributed by atoms with Crippen LogP contribution in [0.25, 0.3) is 0 Å². The van der Waals surface area contributed by atoms with Crippen LogP contribution in [0.3, 0.4) is 0 Å². The first-order valence-corrected chi connectivity index (χ1v) is 9.34. The summed E-state index contributed by atoms with van der Waals surface area (Å²) < 4.78 is 5.98. The molecule has 140 valence electrons. The van der Waals surface area contributed by atoms with Crippen LogP contribution in [0, 0.1) is 18.3 Å². The number of nitrogens with zero attached hydrogens (tertiary/aromatic N) is 1. The molecular weight excluding hydrogens is 342 g/mol. The molecule has 1 aliphatic heterocycles. The second-order valence-corrected chi connectivity index (χ2v) is 7.66. The lowest BCUT2D eigenvalue weighted by molar-refractivity contribution is -0.139. The van der Waals surface area contributed by atoms with E-state index in [4.69, 9.17) is 4.74 Å². The number of aliphatic carboxylic acids is 1. The minimum atomic E-state index is -0.702. The normalized spacial score (nSPS) is 20.3. The smallest absolute Gasteiger partial charge is 0.307 e. The lowest BCUT2D eigenvalue weighted by Gasteiger charge is -2.33. The Morgan fingerprint density at radius 2 is 1.85 bits per heavy atom. The minimum absolute atomic E-state index is 0.0550. The standard InChI is InChI=1S/C22H23NO4/c1-15-5-4-6-16(13-15)27-19-8-3-2-7-17(19)20(24)23-11-9-22(10-12-23)14-18(22)21(25)26/h2-8,13,18H,9-12,14H2,1H3,(H,25,26). The Labute approximate surface area is 158 Å². The van der Waals surface area contributed by atoms with Gasteiger partial charge in [-0.1, -0.05) is 24.3 Å². The monoisotopic (exact) mass is 365 g/mol. The highest BCUT2D eigenvalue weighted by molar-refractivity contribution is 5.97. The second-order valence-electron chi connectivity index (χ2n) is 7.66. The first kappa shape index (κ1) is 17.6. The summed E-state index contributed by atoms with van der Waals surface area (Å²) in [6.07, 6.45) is 2.27. The maximum atomic E-state index is 13.1. The number of carboxylic acid groups (broad SMARTS) is 1. The number of carbonyl (C=O) groups excluding carboxylic acids is 1. The van der Waals surface area contributed by atoms with Crippen LogP contribution in [0.15, 0.2) is 48.5 Å². The molecule has 1 atom stereocenters. The molecule has 0 radical (unpaired) electrons. The number of hydrogen-bond donors (Lipinski definition) is 1. The summed E-state index contributed by atoms with van der Waals surface area (Å²) >= 11 is 0. The zero-order valence-corrected chi connectivity index (χ0v) is 15.4. The number of carboxylic acids is 1. The van der Waals surface area contributed by atoms with Gasteiger partial charge in [-0.25, -0.2) is 0 Å². The lowest BCUT2D eigenvalue weighted by Crippen LogP contribution is -2.40. The van der Waals surface area contributed by atoms with E-state index in [2.05, 4.69) is 0 Å². The fourth-order valence-electron chi connectivity index (χ4n) is 4.11. The molecule has 5 nitrogen and oxygen atoms in total. The third kappa shape index (κ3) is 3.42. The average molecular weight is 365 g/mol. The summed E-state index contributed by atoms with van der Waals surface area (Å²) in [5.74, 6) is 0.261. The molecule has 2 aliphatic rings. The highest BCUT2D eigenvalue weighted by atomic mass is 16.5. The maximum absolute atomic E-state index is 13.1. The first-order valence-electron chi connectivity index (χ1n) is 9.34. The molecule has 2 aromatic carbocycles. The minimum Gasteiger partial charge on any atom is -0.481 e. The van der Waals surface area contributed by atoms with Crippen molar-refractivity contribution in [2.45, 2.75) is 26.2 Å². The van der Waals surface area contributed by atoms with Crippen LogP contribution in [0.4, 0.5) is 0 Å². The topological polar surface area (TPSA) is 66.8 Å². The van der Waals surface area contributed by atoms with Gasteiger partial charge < -0.3 is 14.7 Å². The van der Waals surface area contributed by atoms with Crippen LogP contribution < -0.4 is 4.74 Å². The molecule has 0 aromatic heterocycles. The van der Waals surface area contributed by atoms with E-state index in [-0.39, 0.29) is 17.2 Å². The number of rotatable bonds is 4. The zero-order chi connectivity index (χ0) is 19.0. The SMILES string of the molecule is Cc1cccc(Oc2ccccc2C(=O)N2CCC3(CC2)CC3C(=O)O)c1. The van der Waals surface area contributed by atoms with Crippen LogP contribution in [-0.2, 0) is 4.79 Å². The lowest BCUT2D eigenvalue weighted by atomic mass is 9.90. The maximum Gasteiger partial charge on any atom is 0.307 e. The van der Waals surface area contributed by atoms with Gasteiger partial charge in [-0.15, -0.1) is 0 Å². The van der Waals surface area contributed by atoms with Gasteiger partial charge in [-0.3, -0.25) is 9.59 Å². The number of para-hydroxylation sites is 1. The molecule has 5 heteroatoms. The molecule has 4 rings (SSSR count). The molecule has 1 saturated carbocycles. The summed E-state index contributed by atoms with van der Waals surface area (Å²) in [5, 5.41) is 9.22. The van der Waals surface area contributed by atoms with Gasteiger partial charge in [0.05, 0.1) is 11.5 Å². The van der Waals surface area contributed by atoms with E-state index in [0.29, 0.717) is 30.2 Å². The third-order valence-corrected chi connectivity index (χ3v) is 5.87. The number of benzene rings is 2.